The Morgan fingerprint density at radius 1 is 1.32 bits per heavy atom. The number of carbonyl (C=O) groups excluding carboxylic acids is 1. The van der Waals surface area contributed by atoms with E-state index in [0.29, 0.717) is 10.2 Å². The largest absolute Gasteiger partial charge is 0.283 e. The first-order valence-electron chi connectivity index (χ1n) is 5.33. The summed E-state index contributed by atoms with van der Waals surface area (Å²) in [6.45, 7) is 0. The van der Waals surface area contributed by atoms with Gasteiger partial charge in [-0.05, 0) is 35.5 Å². The number of fused-ring (bicyclic) bond motifs is 1. The predicted molar refractivity (Wildman–Crippen MR) is 77.5 cm³/mol. The first-order chi connectivity index (χ1) is 9.15. The van der Waals surface area contributed by atoms with E-state index in [0.717, 1.165) is 5.56 Å². The van der Waals surface area contributed by atoms with Crippen molar-refractivity contribution in [3.63, 3.8) is 0 Å². The number of aliphatic imine (C=N–C) groups is 1. The van der Waals surface area contributed by atoms with Crippen LogP contribution in [0.1, 0.15) is 5.56 Å². The van der Waals surface area contributed by atoms with Crippen LogP contribution in [0.4, 0.5) is 0 Å². The van der Waals surface area contributed by atoms with Crippen LogP contribution in [0.25, 0.3) is 6.08 Å². The van der Waals surface area contributed by atoms with Gasteiger partial charge in [-0.15, -0.1) is 0 Å². The quantitative estimate of drug-likeness (QED) is 0.808. The number of amides is 1. The summed E-state index contributed by atoms with van der Waals surface area (Å²) in [5.74, 6) is -0.393. The second-order valence-electron chi connectivity index (χ2n) is 3.81. The van der Waals surface area contributed by atoms with E-state index in [2.05, 4.69) is 10.1 Å². The first kappa shape index (κ1) is 12.1. The Balaban J connectivity index is 2.00. The number of benzene rings is 1. The number of hydrazone groups is 1. The van der Waals surface area contributed by atoms with Crippen LogP contribution in [0, 0.1) is 5.41 Å². The Morgan fingerprint density at radius 3 is 2.79 bits per heavy atom. The second kappa shape index (κ2) is 4.64. The standard InChI is InChI=1S/C12H7ClN4OS/c13-8-3-1-7(2-4-8)5-9-10(14)17-12(16-11(9)18)19-6-15-17/h1-6,14H/b9-5+,14-10?. The van der Waals surface area contributed by atoms with Gasteiger partial charge in [-0.2, -0.15) is 15.1 Å². The van der Waals surface area contributed by atoms with Crippen molar-refractivity contribution in [2.45, 2.75) is 0 Å². The van der Waals surface area contributed by atoms with Gasteiger partial charge in [-0.1, -0.05) is 23.7 Å². The molecule has 19 heavy (non-hydrogen) atoms. The molecule has 0 radical (unpaired) electrons. The Labute approximate surface area is 118 Å². The summed E-state index contributed by atoms with van der Waals surface area (Å²) >= 11 is 7.02. The highest BCUT2D eigenvalue weighted by Crippen LogP contribution is 2.24. The molecule has 2 heterocycles. The number of carbonyl (C=O) groups is 1. The van der Waals surface area contributed by atoms with Gasteiger partial charge in [0.25, 0.3) is 5.91 Å². The lowest BCUT2D eigenvalue weighted by Gasteiger charge is -2.20. The number of hydrogen-bond acceptors (Lipinski definition) is 4. The monoisotopic (exact) mass is 290 g/mol. The highest BCUT2D eigenvalue weighted by Gasteiger charge is 2.32. The number of nitrogens with zero attached hydrogens (tertiary/aromatic N) is 3. The molecule has 1 aromatic rings. The zero-order chi connectivity index (χ0) is 13.4. The number of hydrogen-bond donors (Lipinski definition) is 1. The van der Waals surface area contributed by atoms with Gasteiger partial charge in [-0.25, -0.2) is 0 Å². The van der Waals surface area contributed by atoms with Gasteiger partial charge in [-0.3, -0.25) is 10.2 Å². The van der Waals surface area contributed by atoms with Crippen molar-refractivity contribution in [1.82, 2.24) is 5.01 Å². The molecule has 2 aliphatic rings. The van der Waals surface area contributed by atoms with E-state index in [-0.39, 0.29) is 11.4 Å². The van der Waals surface area contributed by atoms with Crippen LogP contribution in [-0.4, -0.2) is 27.5 Å². The maximum atomic E-state index is 11.9. The minimum Gasteiger partial charge on any atom is -0.282 e. The number of thioether (sulfide) groups is 1. The number of amidine groups is 2. The molecular formula is C12H7ClN4OS. The van der Waals surface area contributed by atoms with E-state index < -0.39 is 5.91 Å². The van der Waals surface area contributed by atoms with Gasteiger partial charge in [0.2, 0.25) is 0 Å². The van der Waals surface area contributed by atoms with Gasteiger partial charge < -0.3 is 0 Å². The SMILES string of the molecule is N=C1/C(=C\c2ccc(Cl)cc2)C(=O)N=C2SC=NN12. The fraction of sp³-hybridized carbons (Fsp3) is 0. The normalized spacial score (nSPS) is 19.9. The van der Waals surface area contributed by atoms with Crippen LogP contribution in [0.3, 0.4) is 0 Å². The van der Waals surface area contributed by atoms with E-state index in [9.17, 15) is 4.79 Å². The molecule has 2 aliphatic heterocycles. The minimum atomic E-state index is -0.427. The van der Waals surface area contributed by atoms with Crippen molar-refractivity contribution in [2.75, 3.05) is 0 Å². The van der Waals surface area contributed by atoms with Crippen molar-refractivity contribution in [3.05, 3.63) is 40.4 Å². The average molecular weight is 291 g/mol. The first-order valence-corrected chi connectivity index (χ1v) is 6.59. The molecule has 3 rings (SSSR count). The van der Waals surface area contributed by atoms with Crippen molar-refractivity contribution in [3.8, 4) is 0 Å². The zero-order valence-corrected chi connectivity index (χ0v) is 11.1. The van der Waals surface area contributed by atoms with E-state index in [1.54, 1.807) is 35.9 Å². The predicted octanol–water partition coefficient (Wildman–Crippen LogP) is 2.59. The van der Waals surface area contributed by atoms with Crippen LogP contribution in [0.5, 0.6) is 0 Å². The summed E-state index contributed by atoms with van der Waals surface area (Å²) in [7, 11) is 0. The van der Waals surface area contributed by atoms with Crippen molar-refractivity contribution in [2.24, 2.45) is 10.1 Å². The Bertz CT molecular complexity index is 663. The van der Waals surface area contributed by atoms with Gasteiger partial charge >= 0.3 is 0 Å². The van der Waals surface area contributed by atoms with Crippen LogP contribution in [0.2, 0.25) is 5.02 Å². The number of halogens is 1. The minimum absolute atomic E-state index is 0.0335. The van der Waals surface area contributed by atoms with E-state index in [1.807, 2.05) is 0 Å². The molecule has 0 aromatic heterocycles. The van der Waals surface area contributed by atoms with Gasteiger partial charge in [0.1, 0.15) is 0 Å². The van der Waals surface area contributed by atoms with E-state index >= 15 is 0 Å². The number of nitrogens with one attached hydrogen (secondary N) is 1. The molecule has 0 unspecified atom stereocenters. The summed E-state index contributed by atoms with van der Waals surface area (Å²) in [5, 5.41) is 14.4. The second-order valence-corrected chi connectivity index (χ2v) is 5.06. The zero-order valence-electron chi connectivity index (χ0n) is 9.50. The third kappa shape index (κ3) is 2.20. The molecule has 1 aromatic carbocycles. The molecule has 94 valence electrons. The van der Waals surface area contributed by atoms with E-state index in [4.69, 9.17) is 17.0 Å². The van der Waals surface area contributed by atoms with Gasteiger partial charge in [0, 0.05) is 5.02 Å². The topological polar surface area (TPSA) is 68.9 Å². The molecule has 0 saturated heterocycles. The van der Waals surface area contributed by atoms with Crippen LogP contribution in [0.15, 0.2) is 39.9 Å². The summed E-state index contributed by atoms with van der Waals surface area (Å²) in [6, 6.07) is 7.00. The molecule has 0 spiro atoms. The molecule has 0 saturated carbocycles. The van der Waals surface area contributed by atoms with Crippen LogP contribution < -0.4 is 0 Å². The molecular weight excluding hydrogens is 284 g/mol. The Hall–Kier alpha value is -1.92. The summed E-state index contributed by atoms with van der Waals surface area (Å²) in [5.41, 5.74) is 2.55. The Morgan fingerprint density at radius 2 is 2.05 bits per heavy atom. The average Bonchev–Trinajstić information content (AvgIpc) is 2.85. The molecule has 1 N–H and O–H groups in total. The van der Waals surface area contributed by atoms with Crippen LogP contribution in [-0.2, 0) is 4.79 Å². The third-order valence-electron chi connectivity index (χ3n) is 2.58. The third-order valence-corrected chi connectivity index (χ3v) is 3.50. The lowest BCUT2D eigenvalue weighted by atomic mass is 10.1. The van der Waals surface area contributed by atoms with E-state index in [1.165, 1.54) is 16.8 Å². The maximum Gasteiger partial charge on any atom is 0.283 e. The van der Waals surface area contributed by atoms with Crippen molar-refractivity contribution < 1.29 is 4.79 Å². The summed E-state index contributed by atoms with van der Waals surface area (Å²) < 4.78 is 0. The molecule has 0 fully saturated rings. The summed E-state index contributed by atoms with van der Waals surface area (Å²) in [6.07, 6.45) is 1.61. The fourth-order valence-electron chi connectivity index (χ4n) is 1.66. The molecule has 7 heteroatoms. The fourth-order valence-corrected chi connectivity index (χ4v) is 2.40. The lowest BCUT2D eigenvalue weighted by molar-refractivity contribution is -0.114. The maximum absolute atomic E-state index is 11.9. The summed E-state index contributed by atoms with van der Waals surface area (Å²) in [4.78, 5) is 15.8. The Kier molecular flexibility index (Phi) is 2.96. The lowest BCUT2D eigenvalue weighted by Crippen LogP contribution is -2.35. The highest BCUT2D eigenvalue weighted by atomic mass is 35.5. The molecule has 1 amide bonds. The van der Waals surface area contributed by atoms with Crippen molar-refractivity contribution >= 4 is 51.9 Å². The van der Waals surface area contributed by atoms with Gasteiger partial charge in [0.05, 0.1) is 11.1 Å². The highest BCUT2D eigenvalue weighted by molar-refractivity contribution is 8.25. The molecule has 5 nitrogen and oxygen atoms in total. The van der Waals surface area contributed by atoms with Crippen molar-refractivity contribution in [1.29, 1.82) is 5.41 Å². The number of rotatable bonds is 1. The molecule has 0 bridgehead atoms. The van der Waals surface area contributed by atoms with Gasteiger partial charge in [0.15, 0.2) is 11.0 Å². The molecule has 0 aliphatic carbocycles. The van der Waals surface area contributed by atoms with Crippen LogP contribution >= 0.6 is 23.4 Å². The molecule has 0 atom stereocenters. The smallest absolute Gasteiger partial charge is 0.282 e.